The molecule has 24 heavy (non-hydrogen) atoms. The zero-order valence-corrected chi connectivity index (χ0v) is 13.8. The van der Waals surface area contributed by atoms with Crippen LogP contribution in [0.15, 0.2) is 18.2 Å². The highest BCUT2D eigenvalue weighted by molar-refractivity contribution is 5.98. The van der Waals surface area contributed by atoms with Gasteiger partial charge in [0.2, 0.25) is 0 Å². The number of benzene rings is 1. The van der Waals surface area contributed by atoms with E-state index in [4.69, 9.17) is 9.84 Å². The number of carbonyl (C=O) groups excluding carboxylic acids is 2. The lowest BCUT2D eigenvalue weighted by atomic mass is 10.1. The van der Waals surface area contributed by atoms with Crippen LogP contribution in [0.2, 0.25) is 0 Å². The predicted molar refractivity (Wildman–Crippen MR) is 83.3 cm³/mol. The number of amides is 1. The summed E-state index contributed by atoms with van der Waals surface area (Å²) in [5.41, 5.74) is -1.17. The highest BCUT2D eigenvalue weighted by Gasteiger charge is 2.38. The summed E-state index contributed by atoms with van der Waals surface area (Å²) in [6.45, 7) is 5.52. The van der Waals surface area contributed by atoms with Gasteiger partial charge in [0.05, 0.1) is 11.1 Å². The fourth-order valence-electron chi connectivity index (χ4n) is 2.60. The Hall–Kier alpha value is -2.44. The Morgan fingerprint density at radius 2 is 1.96 bits per heavy atom. The molecule has 0 aromatic heterocycles. The smallest absolute Gasteiger partial charge is 0.335 e. The second kappa shape index (κ2) is 6.59. The van der Waals surface area contributed by atoms with E-state index in [2.05, 4.69) is 0 Å². The number of hydrogen-bond acceptors (Lipinski definition) is 4. The average molecular weight is 337 g/mol. The van der Waals surface area contributed by atoms with Crippen molar-refractivity contribution in [3.8, 4) is 0 Å². The summed E-state index contributed by atoms with van der Waals surface area (Å²) >= 11 is 0. The zero-order chi connectivity index (χ0) is 18.1. The number of likely N-dealkylation sites (tertiary alicyclic amines) is 1. The van der Waals surface area contributed by atoms with E-state index >= 15 is 0 Å². The summed E-state index contributed by atoms with van der Waals surface area (Å²) < 4.78 is 19.4. The third-order valence-electron chi connectivity index (χ3n) is 3.64. The molecule has 1 aromatic rings. The normalized spacial score (nSPS) is 17.7. The Morgan fingerprint density at radius 1 is 1.29 bits per heavy atom. The molecule has 7 heteroatoms. The number of carboxylic acids is 1. The Kier molecular flexibility index (Phi) is 4.91. The number of esters is 1. The van der Waals surface area contributed by atoms with Crippen molar-refractivity contribution in [2.24, 2.45) is 0 Å². The third-order valence-corrected chi connectivity index (χ3v) is 3.64. The summed E-state index contributed by atoms with van der Waals surface area (Å²) in [6.07, 6.45) is 1.07. The molecule has 1 aliphatic heterocycles. The number of aromatic carboxylic acids is 1. The van der Waals surface area contributed by atoms with Gasteiger partial charge >= 0.3 is 11.9 Å². The lowest BCUT2D eigenvalue weighted by Crippen LogP contribution is -2.43. The maximum absolute atomic E-state index is 14.1. The molecule has 6 nitrogen and oxygen atoms in total. The van der Waals surface area contributed by atoms with Crippen molar-refractivity contribution in [2.75, 3.05) is 6.54 Å². The van der Waals surface area contributed by atoms with E-state index in [1.54, 1.807) is 20.8 Å². The number of rotatable bonds is 3. The van der Waals surface area contributed by atoms with Crippen LogP contribution in [-0.4, -0.2) is 46.0 Å². The minimum atomic E-state index is -1.28. The van der Waals surface area contributed by atoms with Gasteiger partial charge < -0.3 is 14.7 Å². The Labute approximate surface area is 139 Å². The van der Waals surface area contributed by atoms with E-state index in [1.165, 1.54) is 4.90 Å². The maximum atomic E-state index is 14.1. The van der Waals surface area contributed by atoms with Crippen LogP contribution in [0.25, 0.3) is 0 Å². The van der Waals surface area contributed by atoms with E-state index < -0.39 is 35.3 Å². The fourth-order valence-corrected chi connectivity index (χ4v) is 2.60. The van der Waals surface area contributed by atoms with Crippen LogP contribution in [0.3, 0.4) is 0 Å². The van der Waals surface area contributed by atoms with E-state index in [1.807, 2.05) is 0 Å². The second-order valence-electron chi connectivity index (χ2n) is 6.69. The first-order valence-electron chi connectivity index (χ1n) is 7.67. The fraction of sp³-hybridized carbons (Fsp3) is 0.471. The molecule has 0 saturated carbocycles. The molecule has 0 aliphatic carbocycles. The molecule has 130 valence electrons. The molecule has 1 fully saturated rings. The summed E-state index contributed by atoms with van der Waals surface area (Å²) in [4.78, 5) is 36.9. The van der Waals surface area contributed by atoms with Gasteiger partial charge in [-0.1, -0.05) is 0 Å². The minimum absolute atomic E-state index is 0.242. The lowest BCUT2D eigenvalue weighted by Gasteiger charge is -2.27. The molecule has 0 spiro atoms. The van der Waals surface area contributed by atoms with Crippen LogP contribution in [0.4, 0.5) is 4.39 Å². The quantitative estimate of drug-likeness (QED) is 0.857. The van der Waals surface area contributed by atoms with Crippen LogP contribution in [-0.2, 0) is 9.53 Å². The first kappa shape index (κ1) is 17.9. The van der Waals surface area contributed by atoms with Gasteiger partial charge in [0.15, 0.2) is 0 Å². The molecule has 1 unspecified atom stereocenters. The van der Waals surface area contributed by atoms with Crippen molar-refractivity contribution in [3.63, 3.8) is 0 Å². The van der Waals surface area contributed by atoms with Crippen molar-refractivity contribution in [1.29, 1.82) is 0 Å². The monoisotopic (exact) mass is 337 g/mol. The van der Waals surface area contributed by atoms with Crippen LogP contribution in [0, 0.1) is 5.82 Å². The van der Waals surface area contributed by atoms with Gasteiger partial charge in [-0.2, -0.15) is 0 Å². The Morgan fingerprint density at radius 3 is 2.50 bits per heavy atom. The minimum Gasteiger partial charge on any atom is -0.478 e. The van der Waals surface area contributed by atoms with Crippen LogP contribution in [0.5, 0.6) is 0 Å². The second-order valence-corrected chi connectivity index (χ2v) is 6.69. The van der Waals surface area contributed by atoms with Gasteiger partial charge in [-0.15, -0.1) is 0 Å². The van der Waals surface area contributed by atoms with E-state index in [0.29, 0.717) is 19.4 Å². The first-order valence-corrected chi connectivity index (χ1v) is 7.67. The van der Waals surface area contributed by atoms with E-state index in [0.717, 1.165) is 18.2 Å². The highest BCUT2D eigenvalue weighted by Crippen LogP contribution is 2.24. The molecule has 0 radical (unpaired) electrons. The molecule has 1 aliphatic rings. The number of nitrogens with zero attached hydrogens (tertiary/aromatic N) is 1. The van der Waals surface area contributed by atoms with Gasteiger partial charge in [0.1, 0.15) is 17.5 Å². The summed E-state index contributed by atoms with van der Waals surface area (Å²) in [5.74, 6) is -3.36. The molecule has 1 saturated heterocycles. The number of ether oxygens (including phenoxy) is 1. The molecule has 1 amide bonds. The summed E-state index contributed by atoms with van der Waals surface area (Å²) in [6, 6.07) is 2.34. The molecule has 1 N–H and O–H groups in total. The number of hydrogen-bond donors (Lipinski definition) is 1. The molecular weight excluding hydrogens is 317 g/mol. The van der Waals surface area contributed by atoms with Crippen LogP contribution >= 0.6 is 0 Å². The topological polar surface area (TPSA) is 83.9 Å². The van der Waals surface area contributed by atoms with E-state index in [9.17, 15) is 18.8 Å². The Balaban J connectivity index is 2.22. The van der Waals surface area contributed by atoms with Crippen molar-refractivity contribution in [3.05, 3.63) is 35.1 Å². The molecule has 0 bridgehead atoms. The number of halogens is 1. The van der Waals surface area contributed by atoms with Crippen molar-refractivity contribution in [2.45, 2.75) is 45.3 Å². The van der Waals surface area contributed by atoms with Gasteiger partial charge in [-0.3, -0.25) is 4.79 Å². The van der Waals surface area contributed by atoms with Gasteiger partial charge in [0, 0.05) is 6.54 Å². The summed E-state index contributed by atoms with van der Waals surface area (Å²) in [7, 11) is 0. The first-order chi connectivity index (χ1) is 11.1. The van der Waals surface area contributed by atoms with E-state index in [-0.39, 0.29) is 11.1 Å². The average Bonchev–Trinajstić information content (AvgIpc) is 2.94. The van der Waals surface area contributed by atoms with Gasteiger partial charge in [-0.25, -0.2) is 14.0 Å². The summed E-state index contributed by atoms with van der Waals surface area (Å²) in [5, 5.41) is 8.85. The van der Waals surface area contributed by atoms with Crippen LogP contribution < -0.4 is 0 Å². The lowest BCUT2D eigenvalue weighted by molar-refractivity contribution is -0.159. The molecule has 1 heterocycles. The number of carboxylic acid groups (broad SMARTS) is 1. The highest BCUT2D eigenvalue weighted by atomic mass is 19.1. The maximum Gasteiger partial charge on any atom is 0.335 e. The molecule has 1 aromatic carbocycles. The van der Waals surface area contributed by atoms with Gasteiger partial charge in [-0.05, 0) is 51.8 Å². The van der Waals surface area contributed by atoms with Crippen molar-refractivity contribution < 1.29 is 28.6 Å². The molecule has 1 atom stereocenters. The predicted octanol–water partition coefficient (Wildman–Crippen LogP) is 2.47. The Bertz CT molecular complexity index is 680. The number of carbonyl (C=O) groups is 3. The third kappa shape index (κ3) is 3.90. The van der Waals surface area contributed by atoms with Crippen molar-refractivity contribution in [1.82, 2.24) is 4.90 Å². The molecule has 2 rings (SSSR count). The SMILES string of the molecule is CC(C)(C)OC(=O)C1CCCN1C(=O)c1ccc(C(=O)O)cc1F. The van der Waals surface area contributed by atoms with Crippen molar-refractivity contribution >= 4 is 17.8 Å². The van der Waals surface area contributed by atoms with Gasteiger partial charge in [0.25, 0.3) is 5.91 Å². The zero-order valence-electron chi connectivity index (χ0n) is 13.8. The standard InChI is InChI=1S/C17H20FNO5/c1-17(2,3)24-16(23)13-5-4-8-19(13)14(20)11-7-6-10(15(21)22)9-12(11)18/h6-7,9,13H,4-5,8H2,1-3H3,(H,21,22). The van der Waals surface area contributed by atoms with Crippen LogP contribution in [0.1, 0.15) is 54.3 Å². The molecular formula is C17H20FNO5. The largest absolute Gasteiger partial charge is 0.478 e.